The van der Waals surface area contributed by atoms with Crippen molar-refractivity contribution in [1.82, 2.24) is 15.5 Å². The summed E-state index contributed by atoms with van der Waals surface area (Å²) in [5.74, 6) is 1.52. The molecule has 1 amide bonds. The van der Waals surface area contributed by atoms with Gasteiger partial charge >= 0.3 is 0 Å². The van der Waals surface area contributed by atoms with Crippen LogP contribution in [0.2, 0.25) is 0 Å². The number of guanidine groups is 1. The summed E-state index contributed by atoms with van der Waals surface area (Å²) in [7, 11) is 3.52. The SMILES string of the molecule is CC1CCCC(NC(=NCC(=O)N(C)C)NCC2CCCCO2)C1. The molecule has 0 bridgehead atoms. The lowest BCUT2D eigenvalue weighted by Crippen LogP contribution is -2.48. The van der Waals surface area contributed by atoms with Gasteiger partial charge in [-0.3, -0.25) is 4.79 Å². The molecule has 2 rings (SSSR count). The number of carbonyl (C=O) groups is 1. The van der Waals surface area contributed by atoms with E-state index in [1.807, 2.05) is 0 Å². The molecule has 1 aliphatic carbocycles. The molecule has 1 saturated carbocycles. The molecule has 0 radical (unpaired) electrons. The van der Waals surface area contributed by atoms with Crippen molar-refractivity contribution in [1.29, 1.82) is 0 Å². The zero-order valence-electron chi connectivity index (χ0n) is 15.5. The smallest absolute Gasteiger partial charge is 0.243 e. The second kappa shape index (κ2) is 9.87. The van der Waals surface area contributed by atoms with Crippen LogP contribution in [-0.4, -0.2) is 62.7 Å². The first-order valence-corrected chi connectivity index (χ1v) is 9.41. The van der Waals surface area contributed by atoms with Crippen LogP contribution in [0.1, 0.15) is 51.9 Å². The van der Waals surface area contributed by atoms with E-state index in [1.165, 1.54) is 32.1 Å². The third-order valence-electron chi connectivity index (χ3n) is 4.92. The van der Waals surface area contributed by atoms with Crippen molar-refractivity contribution in [2.75, 3.05) is 33.8 Å². The Labute approximate surface area is 146 Å². The second-order valence-electron chi connectivity index (χ2n) is 7.44. The van der Waals surface area contributed by atoms with Gasteiger partial charge in [-0.05, 0) is 38.0 Å². The van der Waals surface area contributed by atoms with Gasteiger partial charge in [-0.2, -0.15) is 0 Å². The molecule has 3 unspecified atom stereocenters. The van der Waals surface area contributed by atoms with Gasteiger partial charge in [0.15, 0.2) is 5.96 Å². The molecule has 24 heavy (non-hydrogen) atoms. The fraction of sp³-hybridized carbons (Fsp3) is 0.889. The number of aliphatic imine (C=N–C) groups is 1. The largest absolute Gasteiger partial charge is 0.376 e. The zero-order valence-corrected chi connectivity index (χ0v) is 15.5. The van der Waals surface area contributed by atoms with Gasteiger partial charge in [-0.25, -0.2) is 4.99 Å². The summed E-state index contributed by atoms with van der Waals surface area (Å²) in [6.45, 7) is 4.09. The number of carbonyl (C=O) groups excluding carboxylic acids is 1. The summed E-state index contributed by atoms with van der Waals surface area (Å²) in [5.41, 5.74) is 0. The van der Waals surface area contributed by atoms with Gasteiger partial charge in [0.2, 0.25) is 5.91 Å². The van der Waals surface area contributed by atoms with Crippen LogP contribution in [0, 0.1) is 5.92 Å². The molecule has 0 aromatic heterocycles. The van der Waals surface area contributed by atoms with Crippen LogP contribution in [0.3, 0.4) is 0 Å². The molecule has 0 aromatic carbocycles. The normalized spacial score (nSPS) is 28.3. The number of hydrogen-bond acceptors (Lipinski definition) is 3. The lowest BCUT2D eigenvalue weighted by molar-refractivity contribution is -0.127. The quantitative estimate of drug-likeness (QED) is 0.592. The highest BCUT2D eigenvalue weighted by Crippen LogP contribution is 2.23. The Morgan fingerprint density at radius 3 is 2.71 bits per heavy atom. The average molecular weight is 338 g/mol. The summed E-state index contributed by atoms with van der Waals surface area (Å²) in [6, 6.07) is 0.446. The van der Waals surface area contributed by atoms with Gasteiger partial charge < -0.3 is 20.3 Å². The molecule has 2 fully saturated rings. The van der Waals surface area contributed by atoms with Crippen molar-refractivity contribution >= 4 is 11.9 Å². The van der Waals surface area contributed by atoms with E-state index in [9.17, 15) is 4.79 Å². The van der Waals surface area contributed by atoms with Gasteiger partial charge in [0, 0.05) is 33.3 Å². The summed E-state index contributed by atoms with van der Waals surface area (Å²) in [6.07, 6.45) is 8.65. The van der Waals surface area contributed by atoms with Gasteiger partial charge in [0.05, 0.1) is 6.10 Å². The van der Waals surface area contributed by atoms with E-state index in [0.717, 1.165) is 37.9 Å². The summed E-state index contributed by atoms with van der Waals surface area (Å²) in [4.78, 5) is 17.9. The molecule has 2 aliphatic rings. The van der Waals surface area contributed by atoms with Gasteiger partial charge in [-0.15, -0.1) is 0 Å². The molecule has 3 atom stereocenters. The Bertz CT molecular complexity index is 419. The van der Waals surface area contributed by atoms with Crippen LogP contribution in [0.15, 0.2) is 4.99 Å². The predicted molar refractivity (Wildman–Crippen MR) is 97.1 cm³/mol. The third-order valence-corrected chi connectivity index (χ3v) is 4.92. The molecular formula is C18H34N4O2. The Morgan fingerprint density at radius 1 is 1.21 bits per heavy atom. The minimum absolute atomic E-state index is 0.0158. The van der Waals surface area contributed by atoms with Gasteiger partial charge in [0.1, 0.15) is 6.54 Å². The van der Waals surface area contributed by atoms with Crippen molar-refractivity contribution in [3.05, 3.63) is 0 Å². The highest BCUT2D eigenvalue weighted by Gasteiger charge is 2.21. The minimum atomic E-state index is 0.0158. The Morgan fingerprint density at radius 2 is 2.04 bits per heavy atom. The summed E-state index contributed by atoms with van der Waals surface area (Å²) >= 11 is 0. The second-order valence-corrected chi connectivity index (χ2v) is 7.44. The number of amides is 1. The highest BCUT2D eigenvalue weighted by atomic mass is 16.5. The van der Waals surface area contributed by atoms with Crippen LogP contribution in [0.5, 0.6) is 0 Å². The summed E-state index contributed by atoms with van der Waals surface area (Å²) < 4.78 is 5.78. The molecule has 138 valence electrons. The van der Waals surface area contributed by atoms with E-state index < -0.39 is 0 Å². The molecule has 1 saturated heterocycles. The van der Waals surface area contributed by atoms with Gasteiger partial charge in [0.25, 0.3) is 0 Å². The minimum Gasteiger partial charge on any atom is -0.376 e. The number of hydrogen-bond donors (Lipinski definition) is 2. The van der Waals surface area contributed by atoms with E-state index >= 15 is 0 Å². The van der Waals surface area contributed by atoms with Crippen molar-refractivity contribution < 1.29 is 9.53 Å². The van der Waals surface area contributed by atoms with E-state index in [0.29, 0.717) is 6.04 Å². The Balaban J connectivity index is 1.89. The fourth-order valence-electron chi connectivity index (χ4n) is 3.38. The number of ether oxygens (including phenoxy) is 1. The molecule has 1 aliphatic heterocycles. The number of nitrogens with one attached hydrogen (secondary N) is 2. The first-order chi connectivity index (χ1) is 11.5. The number of nitrogens with zero attached hydrogens (tertiary/aromatic N) is 2. The van der Waals surface area contributed by atoms with Crippen molar-refractivity contribution in [3.63, 3.8) is 0 Å². The Kier molecular flexibility index (Phi) is 7.82. The van der Waals surface area contributed by atoms with Crippen molar-refractivity contribution in [2.24, 2.45) is 10.9 Å². The topological polar surface area (TPSA) is 66.0 Å². The number of rotatable bonds is 5. The third kappa shape index (κ3) is 6.67. The highest BCUT2D eigenvalue weighted by molar-refractivity contribution is 5.84. The zero-order chi connectivity index (χ0) is 17.4. The first-order valence-electron chi connectivity index (χ1n) is 9.41. The molecule has 0 aromatic rings. The van der Waals surface area contributed by atoms with Crippen LogP contribution >= 0.6 is 0 Å². The maximum Gasteiger partial charge on any atom is 0.243 e. The van der Waals surface area contributed by atoms with Crippen LogP contribution in [0.25, 0.3) is 0 Å². The lowest BCUT2D eigenvalue weighted by Gasteiger charge is -2.30. The Hall–Kier alpha value is -1.30. The van der Waals surface area contributed by atoms with Crippen LogP contribution < -0.4 is 10.6 Å². The van der Waals surface area contributed by atoms with E-state index in [2.05, 4.69) is 22.5 Å². The monoisotopic (exact) mass is 338 g/mol. The molecular weight excluding hydrogens is 304 g/mol. The van der Waals surface area contributed by atoms with E-state index in [-0.39, 0.29) is 18.6 Å². The number of likely N-dealkylation sites (N-methyl/N-ethyl adjacent to an activating group) is 1. The maximum absolute atomic E-state index is 11.8. The van der Waals surface area contributed by atoms with Crippen LogP contribution in [0.4, 0.5) is 0 Å². The maximum atomic E-state index is 11.8. The molecule has 0 spiro atoms. The first kappa shape index (κ1) is 19.0. The lowest BCUT2D eigenvalue weighted by atomic mass is 9.87. The van der Waals surface area contributed by atoms with E-state index in [4.69, 9.17) is 4.74 Å². The molecule has 1 heterocycles. The van der Waals surface area contributed by atoms with E-state index in [1.54, 1.807) is 19.0 Å². The molecule has 6 heteroatoms. The standard InChI is InChI=1S/C18H34N4O2/c1-14-7-6-8-15(11-14)21-18(20-13-17(23)22(2)3)19-12-16-9-4-5-10-24-16/h14-16H,4-13H2,1-3H3,(H2,19,20,21). The van der Waals surface area contributed by atoms with Gasteiger partial charge in [-0.1, -0.05) is 19.8 Å². The fourth-order valence-corrected chi connectivity index (χ4v) is 3.38. The summed E-state index contributed by atoms with van der Waals surface area (Å²) in [5, 5.41) is 6.92. The molecule has 6 nitrogen and oxygen atoms in total. The molecule has 2 N–H and O–H groups in total. The van der Waals surface area contributed by atoms with Crippen molar-refractivity contribution in [3.8, 4) is 0 Å². The predicted octanol–water partition coefficient (Wildman–Crippen LogP) is 1.76. The average Bonchev–Trinajstić information content (AvgIpc) is 2.58. The van der Waals surface area contributed by atoms with Crippen molar-refractivity contribution in [2.45, 2.75) is 64.0 Å². The van der Waals surface area contributed by atoms with Crippen LogP contribution in [-0.2, 0) is 9.53 Å².